The van der Waals surface area contributed by atoms with E-state index in [0.717, 1.165) is 24.0 Å². The van der Waals surface area contributed by atoms with Gasteiger partial charge in [0, 0.05) is 6.04 Å². The number of ether oxygens (including phenoxy) is 1. The van der Waals surface area contributed by atoms with E-state index >= 15 is 0 Å². The number of hydrogen-bond acceptors (Lipinski definition) is 2. The van der Waals surface area contributed by atoms with Gasteiger partial charge in [0.15, 0.2) is 11.6 Å². The highest BCUT2D eigenvalue weighted by Crippen LogP contribution is 2.29. The zero-order valence-electron chi connectivity index (χ0n) is 8.66. The number of hydrogen-bond donors (Lipinski definition) is 1. The summed E-state index contributed by atoms with van der Waals surface area (Å²) in [5.74, 6) is -0.0435. The molecule has 1 aromatic rings. The van der Waals surface area contributed by atoms with E-state index in [0.29, 0.717) is 0 Å². The van der Waals surface area contributed by atoms with Crippen LogP contribution in [0.5, 0.6) is 5.75 Å². The van der Waals surface area contributed by atoms with Gasteiger partial charge in [-0.3, -0.25) is 0 Å². The zero-order valence-corrected chi connectivity index (χ0v) is 8.66. The van der Waals surface area contributed by atoms with E-state index in [1.54, 1.807) is 6.07 Å². The van der Waals surface area contributed by atoms with Crippen molar-refractivity contribution in [1.29, 1.82) is 0 Å². The Morgan fingerprint density at radius 1 is 1.47 bits per heavy atom. The summed E-state index contributed by atoms with van der Waals surface area (Å²) in [6.45, 7) is 0. The lowest BCUT2D eigenvalue weighted by molar-refractivity contribution is 0.386. The van der Waals surface area contributed by atoms with E-state index in [2.05, 4.69) is 0 Å². The third-order valence-corrected chi connectivity index (χ3v) is 2.68. The van der Waals surface area contributed by atoms with E-state index in [-0.39, 0.29) is 17.6 Å². The molecule has 0 fully saturated rings. The molecule has 1 unspecified atom stereocenters. The number of nitrogens with two attached hydrogens (primary N) is 1. The first-order valence-electron chi connectivity index (χ1n) is 5.01. The van der Waals surface area contributed by atoms with Crippen LogP contribution in [-0.2, 0) is 0 Å². The highest BCUT2D eigenvalue weighted by Gasteiger charge is 2.14. The molecule has 1 aliphatic carbocycles. The smallest absolute Gasteiger partial charge is 0.165 e. The highest BCUT2D eigenvalue weighted by molar-refractivity contribution is 5.68. The first-order valence-corrected chi connectivity index (χ1v) is 5.01. The SMILES string of the molecule is COc1ccc(C2=CC(N)CC2)cc1F. The molecule has 0 heterocycles. The Hall–Kier alpha value is -1.35. The number of rotatable bonds is 2. The van der Waals surface area contributed by atoms with E-state index in [9.17, 15) is 4.39 Å². The third kappa shape index (κ3) is 2.02. The van der Waals surface area contributed by atoms with E-state index in [4.69, 9.17) is 10.5 Å². The van der Waals surface area contributed by atoms with Gasteiger partial charge in [-0.25, -0.2) is 4.39 Å². The van der Waals surface area contributed by atoms with Gasteiger partial charge in [-0.2, -0.15) is 0 Å². The lowest BCUT2D eigenvalue weighted by atomic mass is 10.1. The molecule has 1 atom stereocenters. The second-order valence-electron chi connectivity index (χ2n) is 3.74. The summed E-state index contributed by atoms with van der Waals surface area (Å²) in [5, 5.41) is 0. The maximum atomic E-state index is 13.4. The van der Waals surface area contributed by atoms with Gasteiger partial charge in [0.2, 0.25) is 0 Å². The van der Waals surface area contributed by atoms with Crippen LogP contribution in [0.2, 0.25) is 0 Å². The summed E-state index contributed by atoms with van der Waals surface area (Å²) < 4.78 is 18.3. The monoisotopic (exact) mass is 207 g/mol. The second kappa shape index (κ2) is 4.03. The molecule has 0 aromatic heterocycles. The van der Waals surface area contributed by atoms with Crippen LogP contribution in [0.4, 0.5) is 4.39 Å². The Kier molecular flexibility index (Phi) is 2.73. The minimum atomic E-state index is -0.323. The molecule has 0 amide bonds. The Bertz CT molecular complexity index is 401. The summed E-state index contributed by atoms with van der Waals surface area (Å²) in [6.07, 6.45) is 3.87. The van der Waals surface area contributed by atoms with Gasteiger partial charge in [-0.05, 0) is 36.1 Å². The summed E-state index contributed by atoms with van der Waals surface area (Å²) in [4.78, 5) is 0. The largest absolute Gasteiger partial charge is 0.494 e. The molecular weight excluding hydrogens is 193 g/mol. The van der Waals surface area contributed by atoms with Crippen LogP contribution in [-0.4, -0.2) is 13.2 Å². The molecule has 15 heavy (non-hydrogen) atoms. The maximum absolute atomic E-state index is 13.4. The zero-order chi connectivity index (χ0) is 10.8. The molecular formula is C12H14FNO. The first kappa shape index (κ1) is 10.2. The van der Waals surface area contributed by atoms with Crippen molar-refractivity contribution in [1.82, 2.24) is 0 Å². The van der Waals surface area contributed by atoms with Gasteiger partial charge in [0.05, 0.1) is 7.11 Å². The molecule has 0 bridgehead atoms. The predicted octanol–water partition coefficient (Wildman–Crippen LogP) is 2.34. The van der Waals surface area contributed by atoms with Crippen molar-refractivity contribution in [2.45, 2.75) is 18.9 Å². The van der Waals surface area contributed by atoms with E-state index in [1.807, 2.05) is 12.1 Å². The molecule has 0 radical (unpaired) electrons. The topological polar surface area (TPSA) is 35.2 Å². The number of methoxy groups -OCH3 is 1. The lowest BCUT2D eigenvalue weighted by Gasteiger charge is -2.05. The molecule has 0 saturated heterocycles. The first-order chi connectivity index (χ1) is 7.20. The Balaban J connectivity index is 2.30. The van der Waals surface area contributed by atoms with Crippen LogP contribution in [0, 0.1) is 5.82 Å². The lowest BCUT2D eigenvalue weighted by Crippen LogP contribution is -2.11. The van der Waals surface area contributed by atoms with Gasteiger partial charge in [0.1, 0.15) is 0 Å². The van der Waals surface area contributed by atoms with Gasteiger partial charge < -0.3 is 10.5 Å². The average Bonchev–Trinajstić information content (AvgIpc) is 2.65. The predicted molar refractivity (Wildman–Crippen MR) is 58.1 cm³/mol. The van der Waals surface area contributed by atoms with Gasteiger partial charge in [-0.15, -0.1) is 0 Å². The molecule has 2 N–H and O–H groups in total. The summed E-state index contributed by atoms with van der Waals surface area (Å²) in [5.41, 5.74) is 7.79. The van der Waals surface area contributed by atoms with Crippen LogP contribution in [0.3, 0.4) is 0 Å². The molecule has 80 valence electrons. The van der Waals surface area contributed by atoms with Crippen molar-refractivity contribution in [3.05, 3.63) is 35.7 Å². The number of benzene rings is 1. The van der Waals surface area contributed by atoms with Crippen molar-refractivity contribution in [2.75, 3.05) is 7.11 Å². The molecule has 1 aromatic carbocycles. The minimum absolute atomic E-state index is 0.116. The quantitative estimate of drug-likeness (QED) is 0.807. The second-order valence-corrected chi connectivity index (χ2v) is 3.74. The highest BCUT2D eigenvalue weighted by atomic mass is 19.1. The fourth-order valence-corrected chi connectivity index (χ4v) is 1.85. The molecule has 0 saturated carbocycles. The van der Waals surface area contributed by atoms with Crippen LogP contribution in [0.25, 0.3) is 5.57 Å². The van der Waals surface area contributed by atoms with Crippen molar-refractivity contribution in [3.8, 4) is 5.75 Å². The van der Waals surface area contributed by atoms with Crippen LogP contribution in [0.15, 0.2) is 24.3 Å². The molecule has 1 aliphatic rings. The van der Waals surface area contributed by atoms with Crippen LogP contribution >= 0.6 is 0 Å². The summed E-state index contributed by atoms with van der Waals surface area (Å²) in [7, 11) is 1.46. The molecule has 0 aliphatic heterocycles. The van der Waals surface area contributed by atoms with Crippen molar-refractivity contribution >= 4 is 5.57 Å². The Morgan fingerprint density at radius 3 is 2.80 bits per heavy atom. The van der Waals surface area contributed by atoms with E-state index in [1.165, 1.54) is 13.2 Å². The molecule has 3 heteroatoms. The van der Waals surface area contributed by atoms with Crippen molar-refractivity contribution in [2.24, 2.45) is 5.73 Å². The van der Waals surface area contributed by atoms with Crippen molar-refractivity contribution < 1.29 is 9.13 Å². The van der Waals surface area contributed by atoms with Crippen LogP contribution < -0.4 is 10.5 Å². The van der Waals surface area contributed by atoms with Crippen molar-refractivity contribution in [3.63, 3.8) is 0 Å². The van der Waals surface area contributed by atoms with Gasteiger partial charge in [0.25, 0.3) is 0 Å². The molecule has 0 spiro atoms. The fourth-order valence-electron chi connectivity index (χ4n) is 1.85. The third-order valence-electron chi connectivity index (χ3n) is 2.68. The minimum Gasteiger partial charge on any atom is -0.494 e. The fraction of sp³-hybridized carbons (Fsp3) is 0.333. The molecule has 2 nitrogen and oxygen atoms in total. The molecule has 2 rings (SSSR count). The average molecular weight is 207 g/mol. The van der Waals surface area contributed by atoms with E-state index < -0.39 is 0 Å². The standard InChI is InChI=1S/C12H14FNO/c1-15-12-5-3-9(7-11(12)13)8-2-4-10(14)6-8/h3,5-7,10H,2,4,14H2,1H3. The normalized spacial score (nSPS) is 20.2. The number of allylic oxidation sites excluding steroid dienone is 1. The van der Waals surface area contributed by atoms with Crippen LogP contribution in [0.1, 0.15) is 18.4 Å². The maximum Gasteiger partial charge on any atom is 0.165 e. The summed E-state index contributed by atoms with van der Waals surface area (Å²) >= 11 is 0. The summed E-state index contributed by atoms with van der Waals surface area (Å²) in [6, 6.07) is 5.13. The van der Waals surface area contributed by atoms with Gasteiger partial charge in [-0.1, -0.05) is 12.1 Å². The Labute approximate surface area is 88.5 Å². The number of halogens is 1. The Morgan fingerprint density at radius 2 is 2.27 bits per heavy atom. The van der Waals surface area contributed by atoms with Gasteiger partial charge >= 0.3 is 0 Å².